The maximum atomic E-state index is 10.4. The van der Waals surface area contributed by atoms with Crippen molar-refractivity contribution in [1.82, 2.24) is 10.2 Å². The summed E-state index contributed by atoms with van der Waals surface area (Å²) in [5.74, 6) is 2.23. The van der Waals surface area contributed by atoms with E-state index in [9.17, 15) is 5.11 Å². The fraction of sp³-hybridized carbons (Fsp3) is 0.478. The van der Waals surface area contributed by atoms with Gasteiger partial charge in [-0.1, -0.05) is 36.4 Å². The average molecular weight is 385 g/mol. The molecule has 5 nitrogen and oxygen atoms in total. The molecule has 0 radical (unpaired) electrons. The molecular formula is C23H32N2O3. The summed E-state index contributed by atoms with van der Waals surface area (Å²) in [7, 11) is 3.64. The van der Waals surface area contributed by atoms with E-state index in [1.165, 1.54) is 18.4 Å². The second-order valence-electron chi connectivity index (χ2n) is 7.71. The Kier molecular flexibility index (Phi) is 7.71. The molecule has 0 unspecified atom stereocenters. The molecule has 3 rings (SSSR count). The molecule has 0 aliphatic heterocycles. The Labute approximate surface area is 168 Å². The number of rotatable bonds is 12. The first-order valence-corrected chi connectivity index (χ1v) is 10.0. The highest BCUT2D eigenvalue weighted by atomic mass is 16.5. The second-order valence-corrected chi connectivity index (χ2v) is 7.71. The Hall–Kier alpha value is -2.08. The number of hydrogen-bond donors (Lipinski definition) is 2. The minimum atomic E-state index is -0.574. The fourth-order valence-electron chi connectivity index (χ4n) is 3.24. The quantitative estimate of drug-likeness (QED) is 0.589. The molecule has 0 aromatic heterocycles. The third-order valence-electron chi connectivity index (χ3n) is 4.94. The minimum absolute atomic E-state index is 0.231. The van der Waals surface area contributed by atoms with Crippen molar-refractivity contribution in [1.29, 1.82) is 0 Å². The minimum Gasteiger partial charge on any atom is -0.493 e. The predicted octanol–water partition coefficient (Wildman–Crippen LogP) is 3.07. The molecule has 2 aromatic carbocycles. The number of methoxy groups -OCH3 is 1. The summed E-state index contributed by atoms with van der Waals surface area (Å²) in [4.78, 5) is 2.10. The molecule has 0 heterocycles. The van der Waals surface area contributed by atoms with Gasteiger partial charge in [0.25, 0.3) is 0 Å². The zero-order chi connectivity index (χ0) is 19.8. The van der Waals surface area contributed by atoms with E-state index in [0.717, 1.165) is 31.1 Å². The molecule has 1 saturated carbocycles. The summed E-state index contributed by atoms with van der Waals surface area (Å²) in [6.45, 7) is 3.46. The Morgan fingerprint density at radius 2 is 1.89 bits per heavy atom. The van der Waals surface area contributed by atoms with E-state index in [4.69, 9.17) is 9.47 Å². The molecule has 5 heteroatoms. The maximum absolute atomic E-state index is 10.4. The van der Waals surface area contributed by atoms with Crippen LogP contribution in [0.3, 0.4) is 0 Å². The van der Waals surface area contributed by atoms with E-state index < -0.39 is 6.10 Å². The largest absolute Gasteiger partial charge is 0.493 e. The number of nitrogens with one attached hydrogen (secondary N) is 1. The Balaban J connectivity index is 1.47. The number of likely N-dealkylation sites (N-methyl/N-ethyl adjacent to an activating group) is 1. The molecule has 0 spiro atoms. The van der Waals surface area contributed by atoms with Crippen LogP contribution in [0, 0.1) is 5.92 Å². The predicted molar refractivity (Wildman–Crippen MR) is 112 cm³/mol. The molecular weight excluding hydrogens is 352 g/mol. The third-order valence-corrected chi connectivity index (χ3v) is 4.94. The van der Waals surface area contributed by atoms with Crippen LogP contribution in [-0.4, -0.2) is 50.0 Å². The standard InChI is InChI=1S/C23H32N2O3/c1-25(15-19-6-4-3-5-7-19)16-21(26)17-28-23-12-20(10-11-22(23)27-2)14-24-13-18-8-9-18/h3-7,10-12,18,21,24,26H,8-9,13-17H2,1-2H3/t21-/m1/s1. The van der Waals surface area contributed by atoms with Crippen molar-refractivity contribution in [2.45, 2.75) is 32.0 Å². The van der Waals surface area contributed by atoms with Crippen molar-refractivity contribution in [3.63, 3.8) is 0 Å². The van der Waals surface area contributed by atoms with Crippen LogP contribution in [0.2, 0.25) is 0 Å². The van der Waals surface area contributed by atoms with Crippen molar-refractivity contribution < 1.29 is 14.6 Å². The highest BCUT2D eigenvalue weighted by Crippen LogP contribution is 2.29. The maximum Gasteiger partial charge on any atom is 0.161 e. The van der Waals surface area contributed by atoms with Crippen LogP contribution < -0.4 is 14.8 Å². The van der Waals surface area contributed by atoms with Gasteiger partial charge in [-0.25, -0.2) is 0 Å². The first-order chi connectivity index (χ1) is 13.6. The Bertz CT molecular complexity index is 719. The summed E-state index contributed by atoms with van der Waals surface area (Å²) >= 11 is 0. The lowest BCUT2D eigenvalue weighted by molar-refractivity contribution is 0.0732. The SMILES string of the molecule is COc1ccc(CNCC2CC2)cc1OC[C@H](O)CN(C)Cc1ccccc1. The summed E-state index contributed by atoms with van der Waals surface area (Å²) in [5.41, 5.74) is 2.39. The summed E-state index contributed by atoms with van der Waals surface area (Å²) < 4.78 is 11.3. The molecule has 1 atom stereocenters. The van der Waals surface area contributed by atoms with Crippen LogP contribution in [-0.2, 0) is 13.1 Å². The number of benzene rings is 2. The smallest absolute Gasteiger partial charge is 0.161 e. The molecule has 1 aliphatic carbocycles. The van der Waals surface area contributed by atoms with Crippen molar-refractivity contribution in [2.75, 3.05) is 33.9 Å². The fourth-order valence-corrected chi connectivity index (χ4v) is 3.24. The van der Waals surface area contributed by atoms with Gasteiger partial charge in [0, 0.05) is 19.6 Å². The zero-order valence-corrected chi connectivity index (χ0v) is 16.9. The molecule has 28 heavy (non-hydrogen) atoms. The number of aliphatic hydroxyl groups excluding tert-OH is 1. The van der Waals surface area contributed by atoms with Gasteiger partial charge in [0.15, 0.2) is 11.5 Å². The van der Waals surface area contributed by atoms with Gasteiger partial charge in [-0.3, -0.25) is 4.90 Å². The Morgan fingerprint density at radius 3 is 2.61 bits per heavy atom. The summed E-state index contributed by atoms with van der Waals surface area (Å²) in [6, 6.07) is 16.2. The van der Waals surface area contributed by atoms with E-state index >= 15 is 0 Å². The number of hydrogen-bond acceptors (Lipinski definition) is 5. The molecule has 0 amide bonds. The normalized spacial score (nSPS) is 14.9. The molecule has 2 N–H and O–H groups in total. The van der Waals surface area contributed by atoms with Crippen molar-refractivity contribution in [3.8, 4) is 11.5 Å². The third kappa shape index (κ3) is 6.82. The van der Waals surface area contributed by atoms with E-state index in [-0.39, 0.29) is 6.61 Å². The van der Waals surface area contributed by atoms with Crippen LogP contribution >= 0.6 is 0 Å². The van der Waals surface area contributed by atoms with Crippen LogP contribution in [0.25, 0.3) is 0 Å². The van der Waals surface area contributed by atoms with E-state index in [2.05, 4.69) is 28.4 Å². The number of ether oxygens (including phenoxy) is 2. The molecule has 0 bridgehead atoms. The van der Waals surface area contributed by atoms with Crippen LogP contribution in [0.15, 0.2) is 48.5 Å². The van der Waals surface area contributed by atoms with Crippen molar-refractivity contribution >= 4 is 0 Å². The lowest BCUT2D eigenvalue weighted by atomic mass is 10.2. The van der Waals surface area contributed by atoms with E-state index in [1.54, 1.807) is 7.11 Å². The van der Waals surface area contributed by atoms with E-state index in [1.807, 2.05) is 37.4 Å². The van der Waals surface area contributed by atoms with Gasteiger partial charge >= 0.3 is 0 Å². The first kappa shape index (κ1) is 20.6. The highest BCUT2D eigenvalue weighted by molar-refractivity contribution is 5.43. The first-order valence-electron chi connectivity index (χ1n) is 10.0. The van der Waals surface area contributed by atoms with Gasteiger partial charge in [0.2, 0.25) is 0 Å². The van der Waals surface area contributed by atoms with Crippen molar-refractivity contribution in [2.24, 2.45) is 5.92 Å². The lowest BCUT2D eigenvalue weighted by Crippen LogP contribution is -2.32. The van der Waals surface area contributed by atoms with Crippen LogP contribution in [0.1, 0.15) is 24.0 Å². The number of nitrogens with zero attached hydrogens (tertiary/aromatic N) is 1. The topological polar surface area (TPSA) is 54.0 Å². The highest BCUT2D eigenvalue weighted by Gasteiger charge is 2.20. The average Bonchev–Trinajstić information content (AvgIpc) is 3.51. The molecule has 1 aliphatic rings. The Morgan fingerprint density at radius 1 is 1.11 bits per heavy atom. The second kappa shape index (κ2) is 10.5. The van der Waals surface area contributed by atoms with Gasteiger partial charge in [-0.15, -0.1) is 0 Å². The van der Waals surface area contributed by atoms with Gasteiger partial charge in [-0.05, 0) is 55.6 Å². The van der Waals surface area contributed by atoms with Crippen molar-refractivity contribution in [3.05, 3.63) is 59.7 Å². The number of aliphatic hydroxyl groups is 1. The molecule has 152 valence electrons. The van der Waals surface area contributed by atoms with E-state index in [0.29, 0.717) is 18.0 Å². The van der Waals surface area contributed by atoms with Gasteiger partial charge in [-0.2, -0.15) is 0 Å². The zero-order valence-electron chi connectivity index (χ0n) is 16.9. The lowest BCUT2D eigenvalue weighted by Gasteiger charge is -2.21. The monoisotopic (exact) mass is 384 g/mol. The summed E-state index contributed by atoms with van der Waals surface area (Å²) in [6.07, 6.45) is 2.12. The van der Waals surface area contributed by atoms with Gasteiger partial charge in [0.1, 0.15) is 12.7 Å². The summed E-state index contributed by atoms with van der Waals surface area (Å²) in [5, 5.41) is 13.9. The van der Waals surface area contributed by atoms with Gasteiger partial charge < -0.3 is 19.9 Å². The molecule has 1 fully saturated rings. The van der Waals surface area contributed by atoms with Gasteiger partial charge in [0.05, 0.1) is 7.11 Å². The van der Waals surface area contributed by atoms with Crippen LogP contribution in [0.4, 0.5) is 0 Å². The van der Waals surface area contributed by atoms with Crippen LogP contribution in [0.5, 0.6) is 11.5 Å². The molecule has 0 saturated heterocycles. The molecule has 2 aromatic rings.